The number of carbonyl (C=O) groups excluding carboxylic acids is 1. The number of hydrogen-bond donors (Lipinski definition) is 1. The van der Waals surface area contributed by atoms with E-state index >= 15 is 0 Å². The van der Waals surface area contributed by atoms with E-state index < -0.39 is 15.9 Å². The van der Waals surface area contributed by atoms with Crippen molar-refractivity contribution in [2.24, 2.45) is 17.8 Å². The van der Waals surface area contributed by atoms with Crippen LogP contribution in [0.15, 0.2) is 36.4 Å². The molecule has 3 heterocycles. The van der Waals surface area contributed by atoms with Crippen molar-refractivity contribution in [3.8, 4) is 5.75 Å². The Morgan fingerprint density at radius 2 is 1.98 bits per heavy atom. The summed E-state index contributed by atoms with van der Waals surface area (Å²) in [6.07, 6.45) is 6.05. The van der Waals surface area contributed by atoms with Gasteiger partial charge in [0.2, 0.25) is 10.0 Å². The first-order valence-corrected chi connectivity index (χ1v) is 17.3. The highest BCUT2D eigenvalue weighted by Gasteiger charge is 2.46. The average molecular weight is 615 g/mol. The Kier molecular flexibility index (Phi) is 7.44. The maximum absolute atomic E-state index is 13.2. The average Bonchev–Trinajstić information content (AvgIpc) is 3.09. The fourth-order valence-corrected chi connectivity index (χ4v) is 8.87. The fourth-order valence-electron chi connectivity index (χ4n) is 7.85. The Morgan fingerprint density at radius 1 is 1.10 bits per heavy atom. The van der Waals surface area contributed by atoms with E-state index in [0.717, 1.165) is 68.1 Å². The number of hydrogen-bond acceptors (Lipinski definition) is 7. The molecule has 0 radical (unpaired) electrons. The zero-order valence-electron chi connectivity index (χ0n) is 24.0. The number of carbonyl (C=O) groups is 1. The van der Waals surface area contributed by atoms with Crippen molar-refractivity contribution in [1.29, 1.82) is 0 Å². The molecule has 4 bridgehead atoms. The van der Waals surface area contributed by atoms with Gasteiger partial charge in [0.15, 0.2) is 0 Å². The van der Waals surface area contributed by atoms with Gasteiger partial charge < -0.3 is 19.1 Å². The summed E-state index contributed by atoms with van der Waals surface area (Å²) in [5, 5.41) is 0.751. The Labute approximate surface area is 253 Å². The van der Waals surface area contributed by atoms with Crippen molar-refractivity contribution in [2.75, 3.05) is 43.6 Å². The number of fused-ring (bicyclic) bond motifs is 7. The standard InChI is InChI=1S/C32H39ClN2O6S/c1-20-17-40-30-15-29(20)39-11-12-42(37,38)34-31(36)22-5-9-28-27(14-22)35(16-23-4-7-25(23)30)18-32(19-41-28)10-2-3-21-13-24(33)6-8-26(21)32/h5-6,8-9,13-14,20,23,25,29-30H,2-4,7,10-12,15-19H2,1H3,(H,34,36)/t20-,23-,25+,29-,30?,32-/m0/s1. The van der Waals surface area contributed by atoms with Gasteiger partial charge in [-0.15, -0.1) is 0 Å². The van der Waals surface area contributed by atoms with E-state index in [1.54, 1.807) is 12.1 Å². The minimum atomic E-state index is -3.87. The van der Waals surface area contributed by atoms with Crippen LogP contribution in [0.4, 0.5) is 5.69 Å². The number of rotatable bonds is 0. The van der Waals surface area contributed by atoms with Crippen LogP contribution in [-0.4, -0.2) is 65.2 Å². The third kappa shape index (κ3) is 5.31. The van der Waals surface area contributed by atoms with E-state index in [1.807, 2.05) is 12.1 Å². The molecule has 2 fully saturated rings. The van der Waals surface area contributed by atoms with E-state index in [1.165, 1.54) is 11.1 Å². The molecule has 1 N–H and O–H groups in total. The second-order valence-corrected chi connectivity index (χ2v) is 15.3. The molecule has 3 aliphatic heterocycles. The lowest BCUT2D eigenvalue weighted by atomic mass is 9.67. The number of ether oxygens (including phenoxy) is 3. The van der Waals surface area contributed by atoms with Crippen LogP contribution in [0.2, 0.25) is 5.02 Å². The summed E-state index contributed by atoms with van der Waals surface area (Å²) in [6, 6.07) is 11.5. The Bertz CT molecular complexity index is 1480. The minimum absolute atomic E-state index is 0.0407. The molecular weight excluding hydrogens is 576 g/mol. The summed E-state index contributed by atoms with van der Waals surface area (Å²) in [5.41, 5.74) is 3.48. The van der Waals surface area contributed by atoms with Gasteiger partial charge in [-0.1, -0.05) is 24.6 Å². The van der Waals surface area contributed by atoms with Crippen molar-refractivity contribution >= 4 is 33.2 Å². The van der Waals surface area contributed by atoms with Crippen LogP contribution in [0.25, 0.3) is 0 Å². The van der Waals surface area contributed by atoms with Crippen molar-refractivity contribution in [3.63, 3.8) is 0 Å². The molecule has 5 aliphatic rings. The predicted octanol–water partition coefficient (Wildman–Crippen LogP) is 4.72. The zero-order valence-corrected chi connectivity index (χ0v) is 25.6. The summed E-state index contributed by atoms with van der Waals surface area (Å²) in [5.74, 6) is 0.841. The highest BCUT2D eigenvalue weighted by molar-refractivity contribution is 7.90. The Hall–Kier alpha value is -2.33. The van der Waals surface area contributed by atoms with Crippen LogP contribution in [-0.2, 0) is 31.3 Å². The van der Waals surface area contributed by atoms with Gasteiger partial charge in [0.05, 0.1) is 43.5 Å². The van der Waals surface area contributed by atoms with Gasteiger partial charge >= 0.3 is 0 Å². The Balaban J connectivity index is 1.28. The monoisotopic (exact) mass is 614 g/mol. The van der Waals surface area contributed by atoms with Crippen LogP contribution < -0.4 is 14.4 Å². The molecule has 1 saturated carbocycles. The molecule has 6 atom stereocenters. The molecule has 1 unspecified atom stereocenters. The molecule has 2 aliphatic carbocycles. The van der Waals surface area contributed by atoms with E-state index in [0.29, 0.717) is 30.6 Å². The van der Waals surface area contributed by atoms with Gasteiger partial charge in [-0.05, 0) is 85.4 Å². The fraction of sp³-hybridized carbons (Fsp3) is 0.594. The van der Waals surface area contributed by atoms with Crippen molar-refractivity contribution in [1.82, 2.24) is 4.72 Å². The van der Waals surface area contributed by atoms with Crippen LogP contribution in [0.3, 0.4) is 0 Å². The second kappa shape index (κ2) is 11.0. The first kappa shape index (κ1) is 28.4. The van der Waals surface area contributed by atoms with E-state index in [2.05, 4.69) is 28.7 Å². The summed E-state index contributed by atoms with van der Waals surface area (Å²) >= 11 is 6.41. The van der Waals surface area contributed by atoms with Crippen molar-refractivity contribution < 1.29 is 27.4 Å². The molecule has 7 rings (SSSR count). The number of nitrogens with one attached hydrogen (secondary N) is 1. The van der Waals surface area contributed by atoms with E-state index in [9.17, 15) is 13.2 Å². The van der Waals surface area contributed by atoms with Gasteiger partial charge in [-0.3, -0.25) is 4.79 Å². The SMILES string of the molecule is C[C@H]1COC2C[C@@H]1OCCS(=O)(=O)NC(=O)c1ccc3c(c1)N(C[C@@H]1CC[C@@H]21)C[C@@]1(CCCc2cc(Cl)ccc21)CO3. The van der Waals surface area contributed by atoms with Gasteiger partial charge in [0.25, 0.3) is 5.91 Å². The lowest BCUT2D eigenvalue weighted by molar-refractivity contribution is -0.139. The first-order chi connectivity index (χ1) is 20.2. The minimum Gasteiger partial charge on any atom is -0.490 e. The number of amides is 1. The number of benzene rings is 2. The maximum Gasteiger partial charge on any atom is 0.264 e. The number of sulfonamides is 1. The summed E-state index contributed by atoms with van der Waals surface area (Å²) in [6.45, 7) is 4.83. The van der Waals surface area contributed by atoms with E-state index in [4.69, 9.17) is 25.8 Å². The van der Waals surface area contributed by atoms with Crippen molar-refractivity contribution in [2.45, 2.75) is 63.1 Å². The van der Waals surface area contributed by atoms with Crippen LogP contribution >= 0.6 is 11.6 Å². The Morgan fingerprint density at radius 3 is 2.81 bits per heavy atom. The van der Waals surface area contributed by atoms with Gasteiger partial charge in [0, 0.05) is 41.4 Å². The predicted molar refractivity (Wildman–Crippen MR) is 161 cm³/mol. The third-order valence-electron chi connectivity index (χ3n) is 10.3. The summed E-state index contributed by atoms with van der Waals surface area (Å²) in [4.78, 5) is 15.6. The molecular formula is C32H39ClN2O6S. The second-order valence-electron chi connectivity index (χ2n) is 13.0. The van der Waals surface area contributed by atoms with Gasteiger partial charge in [-0.25, -0.2) is 13.1 Å². The highest BCUT2D eigenvalue weighted by atomic mass is 35.5. The smallest absolute Gasteiger partial charge is 0.264 e. The van der Waals surface area contributed by atoms with Crippen LogP contribution in [0, 0.1) is 17.8 Å². The largest absolute Gasteiger partial charge is 0.490 e. The maximum atomic E-state index is 13.2. The van der Waals surface area contributed by atoms with Crippen LogP contribution in [0.5, 0.6) is 5.75 Å². The number of nitrogens with zero attached hydrogens (tertiary/aromatic N) is 1. The molecule has 2 aromatic carbocycles. The van der Waals surface area contributed by atoms with E-state index in [-0.39, 0.29) is 35.9 Å². The molecule has 1 saturated heterocycles. The topological polar surface area (TPSA) is 94.2 Å². The normalized spacial score (nSPS) is 34.2. The molecule has 1 amide bonds. The molecule has 2 aromatic rings. The molecule has 1 spiro atoms. The highest BCUT2D eigenvalue weighted by Crippen LogP contribution is 2.47. The first-order valence-electron chi connectivity index (χ1n) is 15.3. The number of aryl methyl sites for hydroxylation is 1. The lowest BCUT2D eigenvalue weighted by Crippen LogP contribution is -2.51. The van der Waals surface area contributed by atoms with Crippen LogP contribution in [0.1, 0.15) is 60.5 Å². The molecule has 10 heteroatoms. The molecule has 42 heavy (non-hydrogen) atoms. The molecule has 226 valence electrons. The molecule has 8 nitrogen and oxygen atoms in total. The quantitative estimate of drug-likeness (QED) is 0.459. The summed E-state index contributed by atoms with van der Waals surface area (Å²) < 4.78 is 47.0. The zero-order chi connectivity index (χ0) is 29.1. The summed E-state index contributed by atoms with van der Waals surface area (Å²) in [7, 11) is -3.87. The third-order valence-corrected chi connectivity index (χ3v) is 11.7. The number of halogens is 1. The van der Waals surface area contributed by atoms with Crippen molar-refractivity contribution in [3.05, 3.63) is 58.1 Å². The molecule has 0 aromatic heterocycles. The van der Waals surface area contributed by atoms with Gasteiger partial charge in [0.1, 0.15) is 5.75 Å². The number of anilines is 1. The van der Waals surface area contributed by atoms with Gasteiger partial charge in [-0.2, -0.15) is 0 Å². The lowest BCUT2D eigenvalue weighted by Gasteiger charge is -2.48.